The van der Waals surface area contributed by atoms with Crippen LogP contribution in [-0.4, -0.2) is 71.7 Å². The topological polar surface area (TPSA) is 204 Å². The lowest BCUT2D eigenvalue weighted by molar-refractivity contribution is -0.146. The smallest absolute Gasteiger partial charge is 0.407 e. The summed E-state index contributed by atoms with van der Waals surface area (Å²) in [6.07, 6.45) is -4.62. The van der Waals surface area contributed by atoms with Crippen molar-refractivity contribution < 1.29 is 57.9 Å². The van der Waals surface area contributed by atoms with E-state index in [1.54, 1.807) is 84.9 Å². The maximum Gasteiger partial charge on any atom is 0.407 e. The Morgan fingerprint density at radius 1 is 0.558 bits per heavy atom. The normalized spacial score (nSPS) is 11.5. The zero-order valence-electron chi connectivity index (χ0n) is 28.3. The molecule has 0 saturated carbocycles. The molecule has 0 radical (unpaired) electrons. The van der Waals surface area contributed by atoms with Gasteiger partial charge in [0.15, 0.2) is 0 Å². The Hall–Kier alpha value is -6.44. The van der Waals surface area contributed by atoms with Crippen molar-refractivity contribution in [3.05, 3.63) is 131 Å². The van der Waals surface area contributed by atoms with E-state index in [1.165, 1.54) is 0 Å². The number of rotatable bonds is 20. The van der Waals surface area contributed by atoms with Crippen LogP contribution in [0.15, 0.2) is 109 Å². The lowest BCUT2D eigenvalue weighted by Gasteiger charge is -2.19. The molecule has 0 aliphatic heterocycles. The summed E-state index contributed by atoms with van der Waals surface area (Å²) < 4.78 is 21.2. The number of aliphatic carboxylic acids is 2. The number of carbonyl (C=O) groups is 6. The number of hydrogen-bond acceptors (Lipinski definition) is 10. The van der Waals surface area contributed by atoms with Gasteiger partial charge in [-0.15, -0.1) is 0 Å². The molecule has 0 heterocycles. The number of carboxylic acid groups (broad SMARTS) is 2. The molecule has 0 aliphatic rings. The van der Waals surface area contributed by atoms with Crippen LogP contribution in [0.25, 0.3) is 0 Å². The van der Waals surface area contributed by atoms with Gasteiger partial charge in [-0.25, -0.2) is 19.2 Å². The second kappa shape index (κ2) is 20.9. The number of hydrogen-bond donors (Lipinski definition) is 4. The molecule has 14 nitrogen and oxygen atoms in total. The summed E-state index contributed by atoms with van der Waals surface area (Å²) >= 11 is 0. The predicted molar refractivity (Wildman–Crippen MR) is 186 cm³/mol. The number of alkyl carbamates (subject to hydrolysis) is 2. The largest absolute Gasteiger partial charge is 0.478 e. The molecular weight excluding hydrogens is 676 g/mol. The Morgan fingerprint density at radius 3 is 1.29 bits per heavy atom. The first-order valence-electron chi connectivity index (χ1n) is 16.1. The third-order valence-electron chi connectivity index (χ3n) is 7.21. The molecule has 52 heavy (non-hydrogen) atoms. The lowest BCUT2D eigenvalue weighted by atomic mass is 10.1. The SMILES string of the molecule is C=C(CC(COC(=O)Cc1ccccc1)OC(=O)NCc1cccc(CNC(=O)OC(COC(=O)Cc2ccccc2)CC(=C)C(=O)O)c1)C(=O)O. The molecule has 274 valence electrons. The van der Waals surface area contributed by atoms with Crippen molar-refractivity contribution in [2.75, 3.05) is 13.2 Å². The van der Waals surface area contributed by atoms with Gasteiger partial charge in [0.05, 0.1) is 12.8 Å². The highest BCUT2D eigenvalue weighted by molar-refractivity contribution is 5.86. The number of carboxylic acids is 2. The van der Waals surface area contributed by atoms with Crippen LogP contribution >= 0.6 is 0 Å². The van der Waals surface area contributed by atoms with Gasteiger partial charge < -0.3 is 39.8 Å². The van der Waals surface area contributed by atoms with Gasteiger partial charge in [0.25, 0.3) is 0 Å². The molecule has 3 rings (SSSR count). The Balaban J connectivity index is 1.49. The Labute approximate surface area is 300 Å². The molecule has 3 aromatic carbocycles. The minimum Gasteiger partial charge on any atom is -0.478 e. The molecule has 4 N–H and O–H groups in total. The van der Waals surface area contributed by atoms with Crippen LogP contribution in [-0.2, 0) is 64.1 Å². The van der Waals surface area contributed by atoms with E-state index in [0.717, 1.165) is 11.1 Å². The number of esters is 2. The third-order valence-corrected chi connectivity index (χ3v) is 7.21. The second-order valence-electron chi connectivity index (χ2n) is 11.5. The van der Waals surface area contributed by atoms with Crippen LogP contribution in [0.5, 0.6) is 0 Å². The molecule has 2 amide bonds. The molecule has 3 aromatic rings. The number of carbonyl (C=O) groups excluding carboxylic acids is 4. The van der Waals surface area contributed by atoms with Crippen LogP contribution in [0.3, 0.4) is 0 Å². The fraction of sp³-hybridized carbons (Fsp3) is 0.263. The van der Waals surface area contributed by atoms with E-state index in [-0.39, 0.29) is 63.1 Å². The summed E-state index contributed by atoms with van der Waals surface area (Å²) in [5, 5.41) is 23.6. The molecule has 0 bridgehead atoms. The Morgan fingerprint density at radius 2 is 0.923 bits per heavy atom. The lowest BCUT2D eigenvalue weighted by Crippen LogP contribution is -2.33. The van der Waals surface area contributed by atoms with Crippen LogP contribution < -0.4 is 10.6 Å². The van der Waals surface area contributed by atoms with Crippen LogP contribution in [0.4, 0.5) is 9.59 Å². The van der Waals surface area contributed by atoms with Gasteiger partial charge in [-0.05, 0) is 22.3 Å². The summed E-state index contributed by atoms with van der Waals surface area (Å²) in [4.78, 5) is 72.5. The van der Waals surface area contributed by atoms with Crippen molar-refractivity contribution in [2.45, 2.75) is 51.0 Å². The van der Waals surface area contributed by atoms with Crippen molar-refractivity contribution in [2.24, 2.45) is 0 Å². The predicted octanol–water partition coefficient (Wildman–Crippen LogP) is 4.51. The van der Waals surface area contributed by atoms with E-state index >= 15 is 0 Å². The molecule has 0 saturated heterocycles. The fourth-order valence-corrected chi connectivity index (χ4v) is 4.58. The van der Waals surface area contributed by atoms with E-state index in [0.29, 0.717) is 11.1 Å². The molecule has 14 heteroatoms. The van der Waals surface area contributed by atoms with Crippen LogP contribution in [0.2, 0.25) is 0 Å². The quantitative estimate of drug-likeness (QED) is 0.0725. The molecule has 0 fully saturated rings. The van der Waals surface area contributed by atoms with Crippen molar-refractivity contribution in [3.63, 3.8) is 0 Å². The summed E-state index contributed by atoms with van der Waals surface area (Å²) in [5.41, 5.74) is 2.19. The summed E-state index contributed by atoms with van der Waals surface area (Å²) in [7, 11) is 0. The van der Waals surface area contributed by atoms with Crippen molar-refractivity contribution in [3.8, 4) is 0 Å². The number of nitrogens with one attached hydrogen (secondary N) is 2. The Kier molecular flexibility index (Phi) is 16.1. The van der Waals surface area contributed by atoms with Crippen molar-refractivity contribution in [1.82, 2.24) is 10.6 Å². The monoisotopic (exact) mass is 716 g/mol. The fourth-order valence-electron chi connectivity index (χ4n) is 4.58. The molecule has 0 aromatic heterocycles. The molecule has 2 unspecified atom stereocenters. The van der Waals surface area contributed by atoms with Gasteiger partial charge in [0, 0.05) is 37.1 Å². The zero-order chi connectivity index (χ0) is 37.9. The van der Waals surface area contributed by atoms with E-state index in [1.807, 2.05) is 0 Å². The van der Waals surface area contributed by atoms with E-state index in [2.05, 4.69) is 23.8 Å². The average molecular weight is 717 g/mol. The number of amides is 2. The highest BCUT2D eigenvalue weighted by atomic mass is 16.6. The molecule has 2 atom stereocenters. The summed E-state index contributed by atoms with van der Waals surface area (Å²) in [5.74, 6) is -3.75. The molecule has 0 spiro atoms. The van der Waals surface area contributed by atoms with E-state index in [4.69, 9.17) is 18.9 Å². The van der Waals surface area contributed by atoms with Gasteiger partial charge >= 0.3 is 36.1 Å². The average Bonchev–Trinajstić information content (AvgIpc) is 3.12. The van der Waals surface area contributed by atoms with Crippen LogP contribution in [0.1, 0.15) is 35.1 Å². The van der Waals surface area contributed by atoms with Crippen molar-refractivity contribution >= 4 is 36.1 Å². The van der Waals surface area contributed by atoms with E-state index in [9.17, 15) is 39.0 Å². The first-order chi connectivity index (χ1) is 24.9. The minimum atomic E-state index is -1.29. The highest BCUT2D eigenvalue weighted by Gasteiger charge is 2.22. The number of benzene rings is 3. The molecular formula is C38H40N2O12. The van der Waals surface area contributed by atoms with E-state index < -0.39 is 48.3 Å². The number of ether oxygens (including phenoxy) is 4. The summed E-state index contributed by atoms with van der Waals surface area (Å²) in [6, 6.07) is 24.5. The molecule has 0 aliphatic carbocycles. The maximum absolute atomic E-state index is 12.6. The second-order valence-corrected chi connectivity index (χ2v) is 11.5. The van der Waals surface area contributed by atoms with Gasteiger partial charge in [-0.3, -0.25) is 9.59 Å². The third kappa shape index (κ3) is 15.4. The van der Waals surface area contributed by atoms with Gasteiger partial charge in [0.2, 0.25) is 0 Å². The first kappa shape index (κ1) is 40.0. The highest BCUT2D eigenvalue weighted by Crippen LogP contribution is 2.13. The van der Waals surface area contributed by atoms with Gasteiger partial charge in [-0.2, -0.15) is 0 Å². The maximum atomic E-state index is 12.6. The van der Waals surface area contributed by atoms with Gasteiger partial charge in [-0.1, -0.05) is 98.1 Å². The minimum absolute atomic E-state index is 0.00870. The standard InChI is InChI=1S/C38H40N2O12/c1-25(35(43)44)16-31(23-49-33(41)19-27-10-5-3-6-11-27)51-37(47)39-21-29-14-9-15-30(18-29)22-40-38(48)52-32(17-26(2)36(45)46)24-50-34(42)20-28-12-7-4-8-13-28/h3-15,18,31-32H,1-2,16-17,19-24H2,(H,39,47)(H,40,48)(H,43,44)(H,45,46). The summed E-state index contributed by atoms with van der Waals surface area (Å²) in [6.45, 7) is 6.13. The zero-order valence-corrected chi connectivity index (χ0v) is 28.3. The first-order valence-corrected chi connectivity index (χ1v) is 16.1. The van der Waals surface area contributed by atoms with Gasteiger partial charge in [0.1, 0.15) is 25.4 Å². The van der Waals surface area contributed by atoms with Crippen LogP contribution in [0, 0.1) is 0 Å². The Bertz CT molecular complexity index is 1600. The van der Waals surface area contributed by atoms with Crippen molar-refractivity contribution in [1.29, 1.82) is 0 Å².